The summed E-state index contributed by atoms with van der Waals surface area (Å²) in [5.41, 5.74) is 0. The topological polar surface area (TPSA) is 26.3 Å². The fourth-order valence-electron chi connectivity index (χ4n) is 0.623. The Kier molecular flexibility index (Phi) is 1.64. The van der Waals surface area contributed by atoms with Gasteiger partial charge >= 0.3 is 0 Å². The highest BCUT2D eigenvalue weighted by Gasteiger charge is 2.02. The van der Waals surface area contributed by atoms with Crippen molar-refractivity contribution in [1.82, 2.24) is 0 Å². The zero-order valence-electron chi connectivity index (χ0n) is 5.91. The zero-order chi connectivity index (χ0) is 7.40. The molecule has 0 aromatic carbocycles. The van der Waals surface area contributed by atoms with Crippen LogP contribution in [-0.2, 0) is 9.53 Å². The maximum absolute atomic E-state index is 10.2. The number of hydrogen-bond donors (Lipinski definition) is 0. The summed E-state index contributed by atoms with van der Waals surface area (Å²) in [6.07, 6.45) is 6.14. The Bertz CT molecular complexity index is 184. The van der Waals surface area contributed by atoms with Crippen molar-refractivity contribution < 1.29 is 10.9 Å². The van der Waals surface area contributed by atoms with Crippen LogP contribution in [0.2, 0.25) is 0 Å². The quantitative estimate of drug-likeness (QED) is 0.515. The number of rotatable bonds is 2. The molecule has 0 aromatic rings. The monoisotopic (exact) mass is 125 g/mol. The number of carbonyl (C=O) groups excluding carboxylic acids is 1. The predicted octanol–water partition coefficient (Wildman–Crippen LogP) is 1.04. The molecule has 1 unspecified atom stereocenters. The Balaban J connectivity index is 2.37. The molecule has 1 aliphatic rings. The number of ether oxygens (including phenoxy) is 1. The lowest BCUT2D eigenvalue weighted by molar-refractivity contribution is -0.109. The molecular weight excluding hydrogens is 116 g/mol. The minimum atomic E-state index is -0.593. The van der Waals surface area contributed by atoms with E-state index in [4.69, 9.17) is 6.11 Å². The van der Waals surface area contributed by atoms with Gasteiger partial charge in [0.1, 0.15) is 13.7 Å². The molecule has 0 spiro atoms. The van der Waals surface area contributed by atoms with E-state index in [1.54, 1.807) is 18.2 Å². The van der Waals surface area contributed by atoms with Gasteiger partial charge in [-0.15, -0.1) is 0 Å². The normalized spacial score (nSPS) is 24.9. The lowest BCUT2D eigenvalue weighted by Crippen LogP contribution is -2.07. The van der Waals surface area contributed by atoms with Crippen LogP contribution in [0.25, 0.3) is 0 Å². The Hall–Kier alpha value is -1.05. The summed E-state index contributed by atoms with van der Waals surface area (Å²) in [6, 6.07) is 0. The highest BCUT2D eigenvalue weighted by molar-refractivity contribution is 5.51. The van der Waals surface area contributed by atoms with Gasteiger partial charge in [-0.25, -0.2) is 0 Å². The molecule has 0 aromatic heterocycles. The number of hydrogen-bond acceptors (Lipinski definition) is 2. The average Bonchev–Trinajstić information content (AvgIpc) is 1.88. The van der Waals surface area contributed by atoms with Gasteiger partial charge in [-0.2, -0.15) is 0 Å². The summed E-state index contributed by atoms with van der Waals surface area (Å²) in [6.45, 7) is 0. The first kappa shape index (κ1) is 4.79. The largest absolute Gasteiger partial charge is 0.494 e. The standard InChI is InChI=1S/C7H8O2/c8-5-4-7-3-1-2-6-9-7/h1-3,5-7H,4H2/i5D. The summed E-state index contributed by atoms with van der Waals surface area (Å²) in [5.74, 6) is 0. The number of aldehydes is 1. The minimum Gasteiger partial charge on any atom is -0.494 e. The predicted molar refractivity (Wildman–Crippen MR) is 33.8 cm³/mol. The molecule has 48 valence electrons. The van der Waals surface area contributed by atoms with Crippen molar-refractivity contribution in [2.45, 2.75) is 12.5 Å². The molecule has 0 fully saturated rings. The van der Waals surface area contributed by atoms with Crippen LogP contribution in [0.5, 0.6) is 0 Å². The maximum atomic E-state index is 10.2. The molecule has 2 nitrogen and oxygen atoms in total. The van der Waals surface area contributed by atoms with E-state index in [2.05, 4.69) is 0 Å². The molecule has 9 heavy (non-hydrogen) atoms. The lowest BCUT2D eigenvalue weighted by atomic mass is 10.2. The molecular formula is C7H8O2. The van der Waals surface area contributed by atoms with Crippen molar-refractivity contribution in [3.05, 3.63) is 24.5 Å². The summed E-state index contributed by atoms with van der Waals surface area (Å²) < 4.78 is 11.6. The summed E-state index contributed by atoms with van der Waals surface area (Å²) in [7, 11) is 0. The van der Waals surface area contributed by atoms with Crippen LogP contribution in [0, 0.1) is 0 Å². The minimum absolute atomic E-state index is 0.140. The van der Waals surface area contributed by atoms with Gasteiger partial charge in [-0.1, -0.05) is 6.08 Å². The van der Waals surface area contributed by atoms with Gasteiger partial charge in [0.15, 0.2) is 0 Å². The van der Waals surface area contributed by atoms with Crippen LogP contribution in [0.3, 0.4) is 0 Å². The smallest absolute Gasteiger partial charge is 0.124 e. The van der Waals surface area contributed by atoms with E-state index in [9.17, 15) is 4.79 Å². The molecule has 1 heterocycles. The first-order valence-electron chi connectivity index (χ1n) is 3.27. The molecule has 2 heteroatoms. The van der Waals surface area contributed by atoms with Crippen LogP contribution in [0.4, 0.5) is 0 Å². The van der Waals surface area contributed by atoms with Gasteiger partial charge in [-0.05, 0) is 12.2 Å². The first-order valence-corrected chi connectivity index (χ1v) is 2.77. The molecule has 0 radical (unpaired) electrons. The Morgan fingerprint density at radius 1 is 1.78 bits per heavy atom. The van der Waals surface area contributed by atoms with E-state index in [1.165, 1.54) is 6.26 Å². The van der Waals surface area contributed by atoms with Gasteiger partial charge in [0.2, 0.25) is 0 Å². The van der Waals surface area contributed by atoms with Crippen LogP contribution in [0.15, 0.2) is 24.5 Å². The van der Waals surface area contributed by atoms with E-state index in [-0.39, 0.29) is 12.5 Å². The summed E-state index contributed by atoms with van der Waals surface area (Å²) >= 11 is 0. The van der Waals surface area contributed by atoms with Crippen molar-refractivity contribution in [3.63, 3.8) is 0 Å². The molecule has 1 aliphatic heterocycles. The van der Waals surface area contributed by atoms with Crippen LogP contribution in [0.1, 0.15) is 7.79 Å². The van der Waals surface area contributed by atoms with E-state index in [0.717, 1.165) is 0 Å². The summed E-state index contributed by atoms with van der Waals surface area (Å²) in [4.78, 5) is 10.2. The fraction of sp³-hybridized carbons (Fsp3) is 0.286. The van der Waals surface area contributed by atoms with Gasteiger partial charge in [0, 0.05) is 6.42 Å². The van der Waals surface area contributed by atoms with Crippen LogP contribution >= 0.6 is 0 Å². The molecule has 0 amide bonds. The maximum Gasteiger partial charge on any atom is 0.124 e. The highest BCUT2D eigenvalue weighted by atomic mass is 16.5. The van der Waals surface area contributed by atoms with E-state index in [1.807, 2.05) is 0 Å². The number of allylic oxidation sites excluding steroid dienone is 2. The SMILES string of the molecule is [2H]C(=O)CC1C=CC=CO1. The second-order valence-corrected chi connectivity index (χ2v) is 1.74. The second kappa shape index (κ2) is 3.07. The van der Waals surface area contributed by atoms with Gasteiger partial charge in [0.05, 0.1) is 6.26 Å². The average molecular weight is 125 g/mol. The Morgan fingerprint density at radius 2 is 2.67 bits per heavy atom. The van der Waals surface area contributed by atoms with Crippen molar-refractivity contribution in [2.75, 3.05) is 0 Å². The van der Waals surface area contributed by atoms with Crippen molar-refractivity contribution in [3.8, 4) is 0 Å². The van der Waals surface area contributed by atoms with Crippen molar-refractivity contribution >= 4 is 6.26 Å². The first-order chi connectivity index (χ1) is 4.79. The van der Waals surface area contributed by atoms with Crippen LogP contribution in [-0.4, -0.2) is 12.4 Å². The van der Waals surface area contributed by atoms with E-state index >= 15 is 0 Å². The van der Waals surface area contributed by atoms with Crippen molar-refractivity contribution in [2.24, 2.45) is 0 Å². The van der Waals surface area contributed by atoms with Gasteiger partial charge in [-0.3, -0.25) is 0 Å². The Morgan fingerprint density at radius 3 is 3.22 bits per heavy atom. The molecule has 1 atom stereocenters. The lowest BCUT2D eigenvalue weighted by Gasteiger charge is -2.10. The van der Waals surface area contributed by atoms with Gasteiger partial charge in [0.25, 0.3) is 0 Å². The molecule has 0 aliphatic carbocycles. The zero-order valence-corrected chi connectivity index (χ0v) is 4.91. The number of carbonyl (C=O) groups is 1. The molecule has 0 saturated heterocycles. The van der Waals surface area contributed by atoms with E-state index < -0.39 is 6.26 Å². The molecule has 0 bridgehead atoms. The molecule has 0 N–H and O–H groups in total. The third kappa shape index (κ3) is 1.72. The second-order valence-electron chi connectivity index (χ2n) is 1.74. The highest BCUT2D eigenvalue weighted by Crippen LogP contribution is 2.03. The Labute approximate surface area is 55.2 Å². The van der Waals surface area contributed by atoms with E-state index in [0.29, 0.717) is 0 Å². The van der Waals surface area contributed by atoms with Crippen LogP contribution < -0.4 is 0 Å². The molecule has 1 rings (SSSR count). The van der Waals surface area contributed by atoms with Crippen molar-refractivity contribution in [1.29, 1.82) is 0 Å². The third-order valence-corrected chi connectivity index (χ3v) is 1.05. The molecule has 0 saturated carbocycles. The third-order valence-electron chi connectivity index (χ3n) is 1.05. The summed E-state index contributed by atoms with van der Waals surface area (Å²) in [5, 5.41) is 0. The van der Waals surface area contributed by atoms with Gasteiger partial charge < -0.3 is 9.53 Å². The fourth-order valence-corrected chi connectivity index (χ4v) is 0.623.